The van der Waals surface area contributed by atoms with Gasteiger partial charge in [-0.1, -0.05) is 24.3 Å². The number of methoxy groups -OCH3 is 1. The standard InChI is InChI=1S/C19H24N2O3/c1-14(2)24-16-10-8-15(9-11-16)12-21-19(22)13-20-17-6-4-5-7-18(17)23-3/h4-11,14,20H,12-13H2,1-3H3,(H,21,22). The van der Waals surface area contributed by atoms with Gasteiger partial charge in [0.15, 0.2) is 0 Å². The number of hydrogen-bond acceptors (Lipinski definition) is 4. The van der Waals surface area contributed by atoms with E-state index in [0.29, 0.717) is 12.3 Å². The van der Waals surface area contributed by atoms with Crippen molar-refractivity contribution in [2.45, 2.75) is 26.5 Å². The van der Waals surface area contributed by atoms with Crippen molar-refractivity contribution in [3.8, 4) is 11.5 Å². The summed E-state index contributed by atoms with van der Waals surface area (Å²) in [5.41, 5.74) is 1.82. The Balaban J connectivity index is 1.78. The highest BCUT2D eigenvalue weighted by Gasteiger charge is 2.05. The number of ether oxygens (including phenoxy) is 2. The van der Waals surface area contributed by atoms with E-state index in [4.69, 9.17) is 9.47 Å². The fourth-order valence-electron chi connectivity index (χ4n) is 2.19. The van der Waals surface area contributed by atoms with Crippen LogP contribution >= 0.6 is 0 Å². The van der Waals surface area contributed by atoms with E-state index >= 15 is 0 Å². The zero-order valence-corrected chi connectivity index (χ0v) is 14.3. The molecule has 2 N–H and O–H groups in total. The smallest absolute Gasteiger partial charge is 0.239 e. The summed E-state index contributed by atoms with van der Waals surface area (Å²) in [6, 6.07) is 15.2. The zero-order valence-electron chi connectivity index (χ0n) is 14.3. The van der Waals surface area contributed by atoms with Gasteiger partial charge in [-0.3, -0.25) is 4.79 Å². The van der Waals surface area contributed by atoms with Crippen LogP contribution in [0, 0.1) is 0 Å². The van der Waals surface area contributed by atoms with Crippen LogP contribution in [0.4, 0.5) is 5.69 Å². The highest BCUT2D eigenvalue weighted by Crippen LogP contribution is 2.22. The van der Waals surface area contributed by atoms with E-state index in [9.17, 15) is 4.79 Å². The van der Waals surface area contributed by atoms with E-state index in [1.807, 2.05) is 62.4 Å². The van der Waals surface area contributed by atoms with E-state index in [1.54, 1.807) is 7.11 Å². The van der Waals surface area contributed by atoms with E-state index < -0.39 is 0 Å². The third kappa shape index (κ3) is 5.50. The first-order valence-electron chi connectivity index (χ1n) is 7.97. The number of benzene rings is 2. The third-order valence-electron chi connectivity index (χ3n) is 3.33. The average molecular weight is 328 g/mol. The van der Waals surface area contributed by atoms with Gasteiger partial charge in [-0.05, 0) is 43.7 Å². The van der Waals surface area contributed by atoms with Gasteiger partial charge in [0, 0.05) is 6.54 Å². The maximum atomic E-state index is 12.0. The molecular weight excluding hydrogens is 304 g/mol. The lowest BCUT2D eigenvalue weighted by atomic mass is 10.2. The lowest BCUT2D eigenvalue weighted by Crippen LogP contribution is -2.29. The van der Waals surface area contributed by atoms with Crippen LogP contribution in [0.2, 0.25) is 0 Å². The zero-order chi connectivity index (χ0) is 17.4. The van der Waals surface area contributed by atoms with Crippen LogP contribution < -0.4 is 20.1 Å². The molecule has 0 unspecified atom stereocenters. The number of amides is 1. The summed E-state index contributed by atoms with van der Waals surface area (Å²) < 4.78 is 10.8. The lowest BCUT2D eigenvalue weighted by Gasteiger charge is -2.12. The van der Waals surface area contributed by atoms with Crippen LogP contribution in [0.25, 0.3) is 0 Å². The van der Waals surface area contributed by atoms with Crippen molar-refractivity contribution >= 4 is 11.6 Å². The number of nitrogens with one attached hydrogen (secondary N) is 2. The molecule has 0 aromatic heterocycles. The SMILES string of the molecule is COc1ccccc1NCC(=O)NCc1ccc(OC(C)C)cc1. The van der Waals surface area contributed by atoms with E-state index in [-0.39, 0.29) is 18.6 Å². The molecule has 5 heteroatoms. The Hall–Kier alpha value is -2.69. The molecule has 24 heavy (non-hydrogen) atoms. The normalized spacial score (nSPS) is 10.3. The first-order chi connectivity index (χ1) is 11.6. The molecule has 0 saturated carbocycles. The van der Waals surface area contributed by atoms with Crippen LogP contribution in [0.5, 0.6) is 11.5 Å². The Kier molecular flexibility index (Phi) is 6.49. The fourth-order valence-corrected chi connectivity index (χ4v) is 2.19. The average Bonchev–Trinajstić information content (AvgIpc) is 2.59. The van der Waals surface area contributed by atoms with Crippen LogP contribution in [-0.2, 0) is 11.3 Å². The minimum absolute atomic E-state index is 0.0802. The summed E-state index contributed by atoms with van der Waals surface area (Å²) in [4.78, 5) is 12.0. The third-order valence-corrected chi connectivity index (χ3v) is 3.33. The molecule has 0 saturated heterocycles. The summed E-state index contributed by atoms with van der Waals surface area (Å²) >= 11 is 0. The molecule has 0 aliphatic rings. The largest absolute Gasteiger partial charge is 0.495 e. The van der Waals surface area contributed by atoms with Crippen molar-refractivity contribution in [3.05, 3.63) is 54.1 Å². The van der Waals surface area contributed by atoms with E-state index in [1.165, 1.54) is 0 Å². The lowest BCUT2D eigenvalue weighted by molar-refractivity contribution is -0.119. The number of carbonyl (C=O) groups is 1. The first-order valence-corrected chi connectivity index (χ1v) is 7.97. The maximum absolute atomic E-state index is 12.0. The van der Waals surface area contributed by atoms with Crippen molar-refractivity contribution in [2.75, 3.05) is 19.0 Å². The monoisotopic (exact) mass is 328 g/mol. The molecule has 0 radical (unpaired) electrons. The van der Waals surface area contributed by atoms with Gasteiger partial charge in [-0.15, -0.1) is 0 Å². The van der Waals surface area contributed by atoms with Gasteiger partial charge in [-0.25, -0.2) is 0 Å². The quantitative estimate of drug-likeness (QED) is 0.781. The summed E-state index contributed by atoms with van der Waals surface area (Å²) in [7, 11) is 1.60. The second kappa shape index (κ2) is 8.82. The van der Waals surface area contributed by atoms with Gasteiger partial charge in [0.2, 0.25) is 5.91 Å². The van der Waals surface area contributed by atoms with Gasteiger partial charge >= 0.3 is 0 Å². The molecule has 0 fully saturated rings. The minimum Gasteiger partial charge on any atom is -0.495 e. The molecule has 0 aliphatic carbocycles. The molecule has 2 rings (SSSR count). The van der Waals surface area contributed by atoms with E-state index in [0.717, 1.165) is 17.0 Å². The van der Waals surface area contributed by atoms with Crippen LogP contribution in [-0.4, -0.2) is 25.7 Å². The van der Waals surface area contributed by atoms with Gasteiger partial charge in [0.1, 0.15) is 11.5 Å². The number of carbonyl (C=O) groups excluding carboxylic acids is 1. The molecule has 0 atom stereocenters. The predicted molar refractivity (Wildman–Crippen MR) is 95.5 cm³/mol. The van der Waals surface area contributed by atoms with Crippen molar-refractivity contribution in [1.29, 1.82) is 0 Å². The molecule has 0 spiro atoms. The maximum Gasteiger partial charge on any atom is 0.239 e. The molecule has 0 aliphatic heterocycles. The minimum atomic E-state index is -0.0802. The Morgan fingerprint density at radius 1 is 1.08 bits per heavy atom. The second-order valence-electron chi connectivity index (χ2n) is 5.64. The molecule has 128 valence electrons. The Morgan fingerprint density at radius 3 is 2.46 bits per heavy atom. The van der Waals surface area contributed by atoms with Crippen molar-refractivity contribution in [3.63, 3.8) is 0 Å². The van der Waals surface area contributed by atoms with Crippen molar-refractivity contribution < 1.29 is 14.3 Å². The molecular formula is C19H24N2O3. The molecule has 2 aromatic carbocycles. The highest BCUT2D eigenvalue weighted by atomic mass is 16.5. The van der Waals surface area contributed by atoms with Crippen molar-refractivity contribution in [2.24, 2.45) is 0 Å². The Bertz CT molecular complexity index is 654. The molecule has 0 heterocycles. The van der Waals surface area contributed by atoms with Gasteiger partial charge in [-0.2, -0.15) is 0 Å². The van der Waals surface area contributed by atoms with Gasteiger partial charge in [0.25, 0.3) is 0 Å². The van der Waals surface area contributed by atoms with Crippen LogP contribution in [0.1, 0.15) is 19.4 Å². The second-order valence-corrected chi connectivity index (χ2v) is 5.64. The van der Waals surface area contributed by atoms with E-state index in [2.05, 4.69) is 10.6 Å². The molecule has 1 amide bonds. The summed E-state index contributed by atoms with van der Waals surface area (Å²) in [6.07, 6.45) is 0.150. The Labute approximate surface area is 143 Å². The summed E-state index contributed by atoms with van der Waals surface area (Å²) in [5.74, 6) is 1.47. The first kappa shape index (κ1) is 17.7. The highest BCUT2D eigenvalue weighted by molar-refractivity contribution is 5.81. The van der Waals surface area contributed by atoms with Gasteiger partial charge in [0.05, 0.1) is 25.4 Å². The topological polar surface area (TPSA) is 59.6 Å². The number of rotatable bonds is 8. The predicted octanol–water partition coefficient (Wildman–Crippen LogP) is 3.21. The number of para-hydroxylation sites is 2. The Morgan fingerprint density at radius 2 is 1.79 bits per heavy atom. The van der Waals surface area contributed by atoms with Crippen molar-refractivity contribution in [1.82, 2.24) is 5.32 Å². The molecule has 2 aromatic rings. The molecule has 0 bridgehead atoms. The summed E-state index contributed by atoms with van der Waals surface area (Å²) in [5, 5.41) is 5.96. The number of hydrogen-bond donors (Lipinski definition) is 2. The number of anilines is 1. The van der Waals surface area contributed by atoms with Crippen LogP contribution in [0.15, 0.2) is 48.5 Å². The van der Waals surface area contributed by atoms with Gasteiger partial charge < -0.3 is 20.1 Å². The fraction of sp³-hybridized carbons (Fsp3) is 0.316. The van der Waals surface area contributed by atoms with Crippen LogP contribution in [0.3, 0.4) is 0 Å². The molecule has 5 nitrogen and oxygen atoms in total. The summed E-state index contributed by atoms with van der Waals surface area (Å²) in [6.45, 7) is 4.65.